The lowest BCUT2D eigenvalue weighted by Gasteiger charge is -2.46. The highest BCUT2D eigenvalue weighted by Gasteiger charge is 2.47. The van der Waals surface area contributed by atoms with Crippen molar-refractivity contribution >= 4 is 5.78 Å². The maximum atomic E-state index is 11.7. The van der Waals surface area contributed by atoms with Crippen molar-refractivity contribution in [2.24, 2.45) is 11.8 Å². The van der Waals surface area contributed by atoms with Crippen LogP contribution in [-0.2, 0) is 10.4 Å². The Morgan fingerprint density at radius 1 is 1.18 bits per heavy atom. The molecule has 17 heavy (non-hydrogen) atoms. The van der Waals surface area contributed by atoms with E-state index in [0.717, 1.165) is 31.2 Å². The van der Waals surface area contributed by atoms with Gasteiger partial charge in [-0.15, -0.1) is 0 Å². The van der Waals surface area contributed by atoms with Crippen LogP contribution in [0.4, 0.5) is 0 Å². The van der Waals surface area contributed by atoms with Crippen LogP contribution in [0.3, 0.4) is 0 Å². The van der Waals surface area contributed by atoms with Crippen LogP contribution >= 0.6 is 0 Å². The largest absolute Gasteiger partial charge is 0.385 e. The Morgan fingerprint density at radius 2 is 1.94 bits per heavy atom. The minimum atomic E-state index is -0.696. The molecule has 1 aromatic carbocycles. The Bertz CT molecular complexity index is 426. The molecule has 0 amide bonds. The molecule has 2 saturated carbocycles. The summed E-state index contributed by atoms with van der Waals surface area (Å²) in [6.45, 7) is 0. The third kappa shape index (κ3) is 1.71. The smallest absolute Gasteiger partial charge is 0.136 e. The van der Waals surface area contributed by atoms with Gasteiger partial charge in [0.1, 0.15) is 5.78 Å². The van der Waals surface area contributed by atoms with E-state index in [1.807, 2.05) is 30.3 Å². The summed E-state index contributed by atoms with van der Waals surface area (Å²) < 4.78 is 0. The molecule has 0 radical (unpaired) electrons. The molecule has 2 aliphatic rings. The first-order valence-electron chi connectivity index (χ1n) is 6.51. The van der Waals surface area contributed by atoms with Crippen molar-refractivity contribution in [3.05, 3.63) is 35.9 Å². The molecule has 2 aliphatic carbocycles. The van der Waals surface area contributed by atoms with Gasteiger partial charge in [0.05, 0.1) is 5.60 Å². The second kappa shape index (κ2) is 3.95. The van der Waals surface area contributed by atoms with Crippen LogP contribution in [-0.4, -0.2) is 10.9 Å². The summed E-state index contributed by atoms with van der Waals surface area (Å²) in [5, 5.41) is 10.9. The predicted molar refractivity (Wildman–Crippen MR) is 65.4 cm³/mol. The first kappa shape index (κ1) is 11.0. The lowest BCUT2D eigenvalue weighted by atomic mass is 9.62. The molecule has 1 N–H and O–H groups in total. The maximum absolute atomic E-state index is 11.7. The lowest BCUT2D eigenvalue weighted by molar-refractivity contribution is -0.137. The van der Waals surface area contributed by atoms with E-state index in [2.05, 4.69) is 0 Å². The van der Waals surface area contributed by atoms with Crippen LogP contribution in [0.2, 0.25) is 0 Å². The zero-order valence-corrected chi connectivity index (χ0v) is 9.93. The second-order valence-corrected chi connectivity index (χ2v) is 5.46. The van der Waals surface area contributed by atoms with Crippen LogP contribution in [0.5, 0.6) is 0 Å². The number of rotatable bonds is 1. The number of ketones is 1. The van der Waals surface area contributed by atoms with Crippen molar-refractivity contribution in [2.45, 2.75) is 37.7 Å². The number of benzene rings is 1. The number of carbonyl (C=O) groups excluding carboxylic acids is 1. The van der Waals surface area contributed by atoms with Crippen LogP contribution < -0.4 is 0 Å². The molecule has 3 atom stereocenters. The fourth-order valence-corrected chi connectivity index (χ4v) is 3.53. The van der Waals surface area contributed by atoms with Crippen LogP contribution in [0.25, 0.3) is 0 Å². The SMILES string of the molecule is O=C1CC[C@@H]2C[C@H]1CC[C@]2(O)c1ccccc1. The summed E-state index contributed by atoms with van der Waals surface area (Å²) in [5.41, 5.74) is 0.330. The molecular weight excluding hydrogens is 212 g/mol. The van der Waals surface area contributed by atoms with Crippen molar-refractivity contribution in [3.8, 4) is 0 Å². The number of Topliss-reactive ketones (excluding diaryl/α,β-unsaturated/α-hetero) is 1. The van der Waals surface area contributed by atoms with E-state index in [9.17, 15) is 9.90 Å². The van der Waals surface area contributed by atoms with E-state index < -0.39 is 5.60 Å². The average Bonchev–Trinajstić information content (AvgIpc) is 2.38. The normalized spacial score (nSPS) is 36.9. The summed E-state index contributed by atoms with van der Waals surface area (Å²) in [7, 11) is 0. The number of hydrogen-bond donors (Lipinski definition) is 1. The highest BCUT2D eigenvalue weighted by molar-refractivity contribution is 5.82. The zero-order valence-electron chi connectivity index (χ0n) is 9.93. The average molecular weight is 230 g/mol. The molecule has 2 bridgehead atoms. The standard InChI is InChI=1S/C15H18O2/c16-14-7-6-13-10-11(14)8-9-15(13,17)12-4-2-1-3-5-12/h1-5,11,13,17H,6-10H2/t11-,13-,15+/m1/s1. The van der Waals surface area contributed by atoms with Gasteiger partial charge < -0.3 is 5.11 Å². The number of carbonyl (C=O) groups is 1. The molecule has 0 heterocycles. The Morgan fingerprint density at radius 3 is 2.71 bits per heavy atom. The fourth-order valence-electron chi connectivity index (χ4n) is 3.53. The monoisotopic (exact) mass is 230 g/mol. The van der Waals surface area contributed by atoms with Gasteiger partial charge in [0, 0.05) is 12.3 Å². The number of aliphatic hydroxyl groups is 1. The first-order chi connectivity index (χ1) is 8.20. The van der Waals surface area contributed by atoms with E-state index >= 15 is 0 Å². The third-order valence-electron chi connectivity index (χ3n) is 4.59. The van der Waals surface area contributed by atoms with Gasteiger partial charge >= 0.3 is 0 Å². The maximum Gasteiger partial charge on any atom is 0.136 e. The van der Waals surface area contributed by atoms with Crippen molar-refractivity contribution in [1.29, 1.82) is 0 Å². The fraction of sp³-hybridized carbons (Fsp3) is 0.533. The molecule has 2 nitrogen and oxygen atoms in total. The molecule has 0 unspecified atom stereocenters. The van der Waals surface area contributed by atoms with Gasteiger partial charge in [0.15, 0.2) is 0 Å². The zero-order chi connectivity index (χ0) is 11.9. The first-order valence-corrected chi connectivity index (χ1v) is 6.51. The molecule has 2 fully saturated rings. The number of fused-ring (bicyclic) bond motifs is 2. The molecule has 0 saturated heterocycles. The van der Waals surface area contributed by atoms with Crippen LogP contribution in [0.1, 0.15) is 37.7 Å². The van der Waals surface area contributed by atoms with Gasteiger partial charge in [-0.2, -0.15) is 0 Å². The topological polar surface area (TPSA) is 37.3 Å². The minimum absolute atomic E-state index is 0.220. The molecule has 2 heteroatoms. The summed E-state index contributed by atoms with van der Waals surface area (Å²) >= 11 is 0. The highest BCUT2D eigenvalue weighted by atomic mass is 16.3. The Labute approximate surface area is 102 Å². The molecule has 0 aliphatic heterocycles. The van der Waals surface area contributed by atoms with E-state index in [1.165, 1.54) is 0 Å². The van der Waals surface area contributed by atoms with Gasteiger partial charge in [0.25, 0.3) is 0 Å². The quantitative estimate of drug-likeness (QED) is 0.805. The molecule has 1 aromatic rings. The van der Waals surface area contributed by atoms with Gasteiger partial charge in [-0.05, 0) is 37.2 Å². The van der Waals surface area contributed by atoms with Crippen LogP contribution in [0.15, 0.2) is 30.3 Å². The van der Waals surface area contributed by atoms with Gasteiger partial charge in [-0.25, -0.2) is 0 Å². The molecular formula is C15H18O2. The van der Waals surface area contributed by atoms with Crippen molar-refractivity contribution in [3.63, 3.8) is 0 Å². The lowest BCUT2D eigenvalue weighted by Crippen LogP contribution is -2.45. The van der Waals surface area contributed by atoms with Gasteiger partial charge in [-0.3, -0.25) is 4.79 Å². The van der Waals surface area contributed by atoms with E-state index in [-0.39, 0.29) is 11.8 Å². The summed E-state index contributed by atoms with van der Waals surface area (Å²) in [6, 6.07) is 9.96. The van der Waals surface area contributed by atoms with Crippen LogP contribution in [0, 0.1) is 11.8 Å². The highest BCUT2D eigenvalue weighted by Crippen LogP contribution is 2.48. The Balaban J connectivity index is 1.92. The van der Waals surface area contributed by atoms with E-state index in [1.54, 1.807) is 0 Å². The molecule has 3 rings (SSSR count). The van der Waals surface area contributed by atoms with E-state index in [4.69, 9.17) is 0 Å². The predicted octanol–water partition coefficient (Wildman–Crippen LogP) is 2.65. The summed E-state index contributed by atoms with van der Waals surface area (Å²) in [5.74, 6) is 0.899. The molecule has 0 aromatic heterocycles. The number of hydrogen-bond acceptors (Lipinski definition) is 2. The third-order valence-corrected chi connectivity index (χ3v) is 4.59. The Kier molecular flexibility index (Phi) is 2.55. The summed E-state index contributed by atoms with van der Waals surface area (Å²) in [4.78, 5) is 11.7. The second-order valence-electron chi connectivity index (χ2n) is 5.46. The van der Waals surface area contributed by atoms with Crippen molar-refractivity contribution in [1.82, 2.24) is 0 Å². The minimum Gasteiger partial charge on any atom is -0.385 e. The van der Waals surface area contributed by atoms with E-state index in [0.29, 0.717) is 12.2 Å². The van der Waals surface area contributed by atoms with Gasteiger partial charge in [-0.1, -0.05) is 30.3 Å². The van der Waals surface area contributed by atoms with Crippen molar-refractivity contribution in [2.75, 3.05) is 0 Å². The summed E-state index contributed by atoms with van der Waals surface area (Å²) in [6.07, 6.45) is 3.97. The van der Waals surface area contributed by atoms with Crippen molar-refractivity contribution < 1.29 is 9.90 Å². The molecule has 90 valence electrons. The molecule has 0 spiro atoms. The Hall–Kier alpha value is -1.15. The van der Waals surface area contributed by atoms with Gasteiger partial charge in [0.2, 0.25) is 0 Å².